The SMILES string of the molecule is CN(C)C(=O)c1cc2cnc(Nc3ccc(N4CCC(CN5CCN(c6cc7c(cc6F)C(=O)N(N6CCC(=O)NC6=O)C7=O)CC5)CC4)cn3)nc2n1C1CCCC1. The van der Waals surface area contributed by atoms with Gasteiger partial charge in [-0.3, -0.25) is 29.4 Å². The summed E-state index contributed by atoms with van der Waals surface area (Å²) in [5, 5.41) is 7.81. The Bertz CT molecular complexity index is 2330. The van der Waals surface area contributed by atoms with Crippen LogP contribution in [0.4, 0.5) is 32.3 Å². The molecule has 7 heterocycles. The zero-order valence-electron chi connectivity index (χ0n) is 33.2. The number of pyridine rings is 1. The van der Waals surface area contributed by atoms with Gasteiger partial charge in [-0.15, -0.1) is 0 Å². The van der Waals surface area contributed by atoms with E-state index in [9.17, 15) is 24.0 Å². The van der Waals surface area contributed by atoms with Gasteiger partial charge >= 0.3 is 6.03 Å². The van der Waals surface area contributed by atoms with E-state index in [-0.39, 0.29) is 41.7 Å². The summed E-state index contributed by atoms with van der Waals surface area (Å²) < 4.78 is 17.5. The molecule has 9 rings (SSSR count). The zero-order valence-corrected chi connectivity index (χ0v) is 33.2. The molecule has 18 heteroatoms. The molecule has 0 spiro atoms. The number of hydrogen-bond donors (Lipinski definition) is 2. The molecule has 0 bridgehead atoms. The highest BCUT2D eigenvalue weighted by Crippen LogP contribution is 2.36. The van der Waals surface area contributed by atoms with Gasteiger partial charge in [0, 0.05) is 84.0 Å². The van der Waals surface area contributed by atoms with Crippen LogP contribution in [0.15, 0.2) is 42.7 Å². The summed E-state index contributed by atoms with van der Waals surface area (Å²) in [5.74, 6) is -1.05. The number of rotatable bonds is 9. The van der Waals surface area contributed by atoms with Crippen LogP contribution in [0.1, 0.15) is 82.2 Å². The van der Waals surface area contributed by atoms with Crippen molar-refractivity contribution in [1.82, 2.24) is 44.7 Å². The number of imide groups is 2. The number of carbonyl (C=O) groups excluding carboxylic acids is 5. The Hall–Kier alpha value is -6.17. The van der Waals surface area contributed by atoms with E-state index in [0.29, 0.717) is 41.5 Å². The van der Waals surface area contributed by atoms with Crippen LogP contribution >= 0.6 is 0 Å². The van der Waals surface area contributed by atoms with E-state index < -0.39 is 29.6 Å². The van der Waals surface area contributed by atoms with Gasteiger partial charge in [0.25, 0.3) is 17.7 Å². The number of hydrogen-bond acceptors (Lipinski definition) is 12. The fourth-order valence-corrected chi connectivity index (χ4v) is 9.11. The minimum atomic E-state index is -0.861. The molecular formula is C41H47FN12O5. The highest BCUT2D eigenvalue weighted by atomic mass is 19.1. The molecule has 4 fully saturated rings. The van der Waals surface area contributed by atoms with E-state index in [0.717, 1.165) is 99.0 Å². The average Bonchev–Trinajstić information content (AvgIpc) is 3.95. The van der Waals surface area contributed by atoms with Crippen molar-refractivity contribution in [1.29, 1.82) is 0 Å². The van der Waals surface area contributed by atoms with Gasteiger partial charge in [-0.25, -0.2) is 24.2 Å². The number of nitrogens with one attached hydrogen (secondary N) is 2. The number of halogens is 1. The van der Waals surface area contributed by atoms with Crippen LogP contribution in [-0.4, -0.2) is 135 Å². The lowest BCUT2D eigenvalue weighted by atomic mass is 9.95. The summed E-state index contributed by atoms with van der Waals surface area (Å²) in [6.45, 7) is 5.22. The van der Waals surface area contributed by atoms with Crippen LogP contribution in [0.3, 0.4) is 0 Å². The number of piperidine rings is 1. The number of carbonyl (C=O) groups is 5. The van der Waals surface area contributed by atoms with Crippen LogP contribution in [0.25, 0.3) is 11.0 Å². The molecule has 3 saturated heterocycles. The van der Waals surface area contributed by atoms with E-state index in [1.807, 2.05) is 23.2 Å². The van der Waals surface area contributed by atoms with Gasteiger partial charge in [0.15, 0.2) is 0 Å². The molecule has 5 aliphatic rings. The smallest absolute Gasteiger partial charge is 0.343 e. The van der Waals surface area contributed by atoms with Crippen molar-refractivity contribution in [2.24, 2.45) is 5.92 Å². The Labute approximate surface area is 340 Å². The first-order valence-electron chi connectivity index (χ1n) is 20.4. The molecule has 2 N–H and O–H groups in total. The number of piperazine rings is 1. The average molecular weight is 807 g/mol. The Kier molecular flexibility index (Phi) is 10.1. The Morgan fingerprint density at radius 2 is 1.59 bits per heavy atom. The minimum absolute atomic E-state index is 0.0389. The number of anilines is 4. The monoisotopic (exact) mass is 806 g/mol. The van der Waals surface area contributed by atoms with Crippen molar-refractivity contribution in [2.75, 3.05) is 81.6 Å². The topological polar surface area (TPSA) is 172 Å². The predicted octanol–water partition coefficient (Wildman–Crippen LogP) is 4.02. The first-order valence-corrected chi connectivity index (χ1v) is 20.4. The molecule has 0 atom stereocenters. The standard InChI is InChI=1S/C41H47FN12O5/c1-48(2)39(58)33-19-26-22-44-40(47-36(26)53(33)27-5-3-4-6-27)45-34-8-7-28(23-43-34)50-12-9-25(10-13-50)24-49-15-17-51(18-16-49)32-21-30-29(20-31(32)42)37(56)54(38(30)57)52-14-11-35(55)46-41(52)59/h7-8,19-23,25,27H,3-6,9-18,24H2,1-2H3,(H,46,55,59)(H,43,44,45,47). The quantitative estimate of drug-likeness (QED) is 0.233. The van der Waals surface area contributed by atoms with Crippen LogP contribution in [0, 0.1) is 11.7 Å². The molecule has 17 nitrogen and oxygen atoms in total. The molecule has 0 radical (unpaired) electrons. The summed E-state index contributed by atoms with van der Waals surface area (Å²) in [4.78, 5) is 85.7. The van der Waals surface area contributed by atoms with Gasteiger partial charge in [0.1, 0.15) is 23.0 Å². The fourth-order valence-electron chi connectivity index (χ4n) is 9.11. The fraction of sp³-hybridized carbons (Fsp3) is 0.463. The second kappa shape index (κ2) is 15.5. The second-order valence-corrected chi connectivity index (χ2v) is 16.3. The van der Waals surface area contributed by atoms with Crippen molar-refractivity contribution in [2.45, 2.75) is 51.0 Å². The molecule has 1 aromatic carbocycles. The number of nitrogens with zero attached hydrogens (tertiary/aromatic N) is 10. The lowest BCUT2D eigenvalue weighted by Gasteiger charge is -2.40. The normalized spacial score (nSPS) is 19.6. The molecule has 308 valence electrons. The highest BCUT2D eigenvalue weighted by Gasteiger charge is 2.44. The van der Waals surface area contributed by atoms with Gasteiger partial charge in [-0.05, 0) is 61.9 Å². The van der Waals surface area contributed by atoms with E-state index in [4.69, 9.17) is 4.98 Å². The molecule has 0 unspecified atom stereocenters. The summed E-state index contributed by atoms with van der Waals surface area (Å²) in [7, 11) is 3.53. The number of hydrazine groups is 1. The Morgan fingerprint density at radius 3 is 2.27 bits per heavy atom. The van der Waals surface area contributed by atoms with Crippen LogP contribution in [0.2, 0.25) is 0 Å². The van der Waals surface area contributed by atoms with Gasteiger partial charge < -0.3 is 24.6 Å². The van der Waals surface area contributed by atoms with Crippen molar-refractivity contribution >= 4 is 63.8 Å². The maximum absolute atomic E-state index is 15.4. The largest absolute Gasteiger partial charge is 0.370 e. The van der Waals surface area contributed by atoms with Crippen molar-refractivity contribution in [3.63, 3.8) is 0 Å². The van der Waals surface area contributed by atoms with E-state index in [1.165, 1.54) is 6.07 Å². The Morgan fingerprint density at radius 1 is 0.864 bits per heavy atom. The van der Waals surface area contributed by atoms with Crippen LogP contribution < -0.4 is 20.4 Å². The van der Waals surface area contributed by atoms with Crippen molar-refractivity contribution in [3.05, 3.63) is 65.4 Å². The van der Waals surface area contributed by atoms with Crippen molar-refractivity contribution in [3.8, 4) is 0 Å². The van der Waals surface area contributed by atoms with E-state index in [2.05, 4.69) is 41.0 Å². The number of benzene rings is 1. The molecule has 59 heavy (non-hydrogen) atoms. The summed E-state index contributed by atoms with van der Waals surface area (Å²) in [5.41, 5.74) is 2.64. The third-order valence-corrected chi connectivity index (χ3v) is 12.3. The maximum Gasteiger partial charge on any atom is 0.343 e. The van der Waals surface area contributed by atoms with Crippen molar-refractivity contribution < 1.29 is 28.4 Å². The van der Waals surface area contributed by atoms with Gasteiger partial charge in [-0.1, -0.05) is 12.8 Å². The van der Waals surface area contributed by atoms with E-state index >= 15 is 4.39 Å². The summed E-state index contributed by atoms with van der Waals surface area (Å²) in [6.07, 6.45) is 9.96. The minimum Gasteiger partial charge on any atom is -0.370 e. The number of urea groups is 1. The molecular weight excluding hydrogens is 760 g/mol. The first-order chi connectivity index (χ1) is 28.5. The molecule has 6 amide bonds. The van der Waals surface area contributed by atoms with Gasteiger partial charge in [-0.2, -0.15) is 9.99 Å². The molecule has 4 aliphatic heterocycles. The first kappa shape index (κ1) is 38.4. The summed E-state index contributed by atoms with van der Waals surface area (Å²) >= 11 is 0. The third-order valence-electron chi connectivity index (χ3n) is 12.3. The van der Waals surface area contributed by atoms with Crippen LogP contribution in [-0.2, 0) is 4.79 Å². The number of aromatic nitrogens is 4. The third kappa shape index (κ3) is 7.29. The maximum atomic E-state index is 15.4. The zero-order chi connectivity index (χ0) is 40.9. The predicted molar refractivity (Wildman–Crippen MR) is 216 cm³/mol. The number of amides is 6. The van der Waals surface area contributed by atoms with Gasteiger partial charge in [0.05, 0.1) is 35.2 Å². The van der Waals surface area contributed by atoms with E-state index in [1.54, 1.807) is 25.2 Å². The number of fused-ring (bicyclic) bond motifs is 2. The second-order valence-electron chi connectivity index (χ2n) is 16.3. The molecule has 3 aromatic heterocycles. The molecule has 4 aromatic rings. The van der Waals surface area contributed by atoms with Gasteiger partial charge in [0.2, 0.25) is 11.9 Å². The molecule has 1 aliphatic carbocycles. The van der Waals surface area contributed by atoms with Crippen LogP contribution in [0.5, 0.6) is 0 Å². The lowest BCUT2D eigenvalue weighted by Crippen LogP contribution is -2.58. The lowest BCUT2D eigenvalue weighted by molar-refractivity contribution is -0.122. The Balaban J connectivity index is 0.771. The highest BCUT2D eigenvalue weighted by molar-refractivity contribution is 6.22. The summed E-state index contributed by atoms with van der Waals surface area (Å²) in [6, 6.07) is 7.76. The molecule has 1 saturated carbocycles.